The number of primary amides is 1. The maximum Gasteiger partial charge on any atom is 0.220 e. The summed E-state index contributed by atoms with van der Waals surface area (Å²) >= 11 is 0. The molecular formula is C16H24N2O. The van der Waals surface area contributed by atoms with Gasteiger partial charge in [-0.15, -0.1) is 0 Å². The average molecular weight is 260 g/mol. The molecule has 0 aliphatic carbocycles. The van der Waals surface area contributed by atoms with Crippen LogP contribution in [0.1, 0.15) is 39.2 Å². The number of benzene rings is 1. The summed E-state index contributed by atoms with van der Waals surface area (Å²) in [4.78, 5) is 13.6. The number of nitrogens with two attached hydrogens (primary N) is 1. The maximum absolute atomic E-state index is 11.2. The fourth-order valence-electron chi connectivity index (χ4n) is 2.79. The lowest BCUT2D eigenvalue weighted by atomic mass is 9.85. The average Bonchev–Trinajstić information content (AvgIpc) is 2.38. The summed E-state index contributed by atoms with van der Waals surface area (Å²) < 4.78 is 0. The van der Waals surface area contributed by atoms with Crippen molar-refractivity contribution >= 4 is 11.6 Å². The van der Waals surface area contributed by atoms with Crippen molar-refractivity contribution in [2.24, 2.45) is 11.7 Å². The van der Waals surface area contributed by atoms with Crippen LogP contribution in [-0.4, -0.2) is 19.0 Å². The molecular weight excluding hydrogens is 236 g/mol. The first kappa shape index (κ1) is 13.9. The van der Waals surface area contributed by atoms with Crippen LogP contribution in [0, 0.1) is 5.92 Å². The molecule has 1 aliphatic rings. The van der Waals surface area contributed by atoms with E-state index in [2.05, 4.69) is 49.9 Å². The number of carbonyl (C=O) groups excluding carboxylic acids is 1. The molecule has 0 spiro atoms. The highest BCUT2D eigenvalue weighted by Gasteiger charge is 2.26. The number of amides is 1. The Morgan fingerprint density at radius 2 is 1.79 bits per heavy atom. The fraction of sp³-hybridized carbons (Fsp3) is 0.562. The van der Waals surface area contributed by atoms with Crippen LogP contribution in [0.4, 0.5) is 5.69 Å². The molecule has 0 unspecified atom stereocenters. The Kier molecular flexibility index (Phi) is 3.83. The molecule has 0 saturated carbocycles. The number of rotatable bonds is 2. The largest absolute Gasteiger partial charge is 0.371 e. The van der Waals surface area contributed by atoms with Crippen molar-refractivity contribution in [3.8, 4) is 0 Å². The van der Waals surface area contributed by atoms with Crippen molar-refractivity contribution in [3.63, 3.8) is 0 Å². The summed E-state index contributed by atoms with van der Waals surface area (Å²) in [5.74, 6) is -0.0956. The van der Waals surface area contributed by atoms with E-state index in [1.54, 1.807) is 0 Å². The molecule has 104 valence electrons. The van der Waals surface area contributed by atoms with E-state index in [-0.39, 0.29) is 17.2 Å². The monoisotopic (exact) mass is 260 g/mol. The van der Waals surface area contributed by atoms with Gasteiger partial charge in [-0.1, -0.05) is 39.0 Å². The lowest BCUT2D eigenvalue weighted by molar-refractivity contribution is -0.122. The fourth-order valence-corrected chi connectivity index (χ4v) is 2.79. The normalized spacial score (nSPS) is 17.5. The molecule has 1 fully saturated rings. The quantitative estimate of drug-likeness (QED) is 0.888. The van der Waals surface area contributed by atoms with Crippen LogP contribution >= 0.6 is 0 Å². The second-order valence-electron chi connectivity index (χ2n) is 6.43. The molecule has 0 radical (unpaired) electrons. The topological polar surface area (TPSA) is 46.3 Å². The van der Waals surface area contributed by atoms with Crippen molar-refractivity contribution in [1.82, 2.24) is 0 Å². The Bertz CT molecular complexity index is 454. The van der Waals surface area contributed by atoms with E-state index >= 15 is 0 Å². The predicted molar refractivity (Wildman–Crippen MR) is 79.3 cm³/mol. The highest BCUT2D eigenvalue weighted by Crippen LogP contribution is 2.33. The summed E-state index contributed by atoms with van der Waals surface area (Å²) in [6, 6.07) is 8.58. The van der Waals surface area contributed by atoms with Crippen LogP contribution in [0.25, 0.3) is 0 Å². The van der Waals surface area contributed by atoms with Gasteiger partial charge in [0.25, 0.3) is 0 Å². The second kappa shape index (κ2) is 5.24. The summed E-state index contributed by atoms with van der Waals surface area (Å²) in [7, 11) is 0. The zero-order chi connectivity index (χ0) is 14.0. The first-order valence-corrected chi connectivity index (χ1v) is 7.03. The second-order valence-corrected chi connectivity index (χ2v) is 6.43. The van der Waals surface area contributed by atoms with Crippen LogP contribution in [-0.2, 0) is 10.2 Å². The first-order valence-electron chi connectivity index (χ1n) is 7.03. The van der Waals surface area contributed by atoms with E-state index in [1.807, 2.05) is 0 Å². The van der Waals surface area contributed by atoms with Crippen molar-refractivity contribution in [2.75, 3.05) is 18.0 Å². The van der Waals surface area contributed by atoms with Gasteiger partial charge in [-0.25, -0.2) is 0 Å². The maximum atomic E-state index is 11.2. The van der Waals surface area contributed by atoms with E-state index in [9.17, 15) is 4.79 Å². The highest BCUT2D eigenvalue weighted by molar-refractivity contribution is 5.77. The predicted octanol–water partition coefficient (Wildman–Crippen LogP) is 2.69. The number of hydrogen-bond acceptors (Lipinski definition) is 2. The van der Waals surface area contributed by atoms with E-state index in [0.717, 1.165) is 25.9 Å². The van der Waals surface area contributed by atoms with E-state index in [4.69, 9.17) is 5.73 Å². The smallest absolute Gasteiger partial charge is 0.220 e. The van der Waals surface area contributed by atoms with Gasteiger partial charge in [0, 0.05) is 24.7 Å². The molecule has 0 atom stereocenters. The number of anilines is 1. The minimum Gasteiger partial charge on any atom is -0.371 e. The zero-order valence-corrected chi connectivity index (χ0v) is 12.1. The van der Waals surface area contributed by atoms with Gasteiger partial charge in [0.2, 0.25) is 5.91 Å². The standard InChI is InChI=1S/C16H24N2O/c1-16(2,3)13-6-4-5-7-14(13)18-10-8-12(9-11-18)15(17)19/h4-7,12H,8-11H2,1-3H3,(H2,17,19). The Balaban J connectivity index is 2.18. The van der Waals surface area contributed by atoms with E-state index < -0.39 is 0 Å². The van der Waals surface area contributed by atoms with Crippen LogP contribution in [0.2, 0.25) is 0 Å². The number of para-hydroxylation sites is 1. The van der Waals surface area contributed by atoms with Gasteiger partial charge < -0.3 is 10.6 Å². The molecule has 1 amide bonds. The summed E-state index contributed by atoms with van der Waals surface area (Å²) in [5, 5.41) is 0. The van der Waals surface area contributed by atoms with Gasteiger partial charge in [-0.2, -0.15) is 0 Å². The number of carbonyl (C=O) groups is 1. The van der Waals surface area contributed by atoms with Gasteiger partial charge in [0.05, 0.1) is 0 Å². The SMILES string of the molecule is CC(C)(C)c1ccccc1N1CCC(C(N)=O)CC1. The van der Waals surface area contributed by atoms with Crippen LogP contribution in [0.5, 0.6) is 0 Å². The van der Waals surface area contributed by atoms with E-state index in [1.165, 1.54) is 11.3 Å². The molecule has 1 saturated heterocycles. The molecule has 2 N–H and O–H groups in total. The molecule has 0 aromatic heterocycles. The van der Waals surface area contributed by atoms with Crippen LogP contribution < -0.4 is 10.6 Å². The summed E-state index contributed by atoms with van der Waals surface area (Å²) in [6.07, 6.45) is 1.74. The third-order valence-electron chi connectivity index (χ3n) is 3.95. The first-order chi connectivity index (χ1) is 8.89. The number of piperidine rings is 1. The van der Waals surface area contributed by atoms with Crippen LogP contribution in [0.15, 0.2) is 24.3 Å². The molecule has 1 aromatic rings. The van der Waals surface area contributed by atoms with Gasteiger partial charge in [-0.05, 0) is 29.9 Å². The molecule has 2 rings (SSSR count). The van der Waals surface area contributed by atoms with Gasteiger partial charge in [0.15, 0.2) is 0 Å². The Morgan fingerprint density at radius 1 is 1.21 bits per heavy atom. The third-order valence-corrected chi connectivity index (χ3v) is 3.95. The molecule has 19 heavy (non-hydrogen) atoms. The lowest BCUT2D eigenvalue weighted by Crippen LogP contribution is -2.39. The lowest BCUT2D eigenvalue weighted by Gasteiger charge is -2.36. The van der Waals surface area contributed by atoms with E-state index in [0.29, 0.717) is 0 Å². The molecule has 0 bridgehead atoms. The number of hydrogen-bond donors (Lipinski definition) is 1. The van der Waals surface area contributed by atoms with Gasteiger partial charge in [-0.3, -0.25) is 4.79 Å². The number of nitrogens with zero attached hydrogens (tertiary/aromatic N) is 1. The molecule has 1 aromatic carbocycles. The van der Waals surface area contributed by atoms with Crippen molar-refractivity contribution in [2.45, 2.75) is 39.0 Å². The molecule has 3 nitrogen and oxygen atoms in total. The Morgan fingerprint density at radius 3 is 2.32 bits per heavy atom. The Hall–Kier alpha value is -1.51. The van der Waals surface area contributed by atoms with Crippen molar-refractivity contribution in [1.29, 1.82) is 0 Å². The molecule has 1 aliphatic heterocycles. The minimum atomic E-state index is -0.149. The minimum absolute atomic E-state index is 0.0537. The van der Waals surface area contributed by atoms with Crippen molar-refractivity contribution < 1.29 is 4.79 Å². The third kappa shape index (κ3) is 3.09. The van der Waals surface area contributed by atoms with Crippen LogP contribution in [0.3, 0.4) is 0 Å². The highest BCUT2D eigenvalue weighted by atomic mass is 16.1. The van der Waals surface area contributed by atoms with Gasteiger partial charge in [0.1, 0.15) is 0 Å². The summed E-state index contributed by atoms with van der Waals surface area (Å²) in [6.45, 7) is 8.55. The zero-order valence-electron chi connectivity index (χ0n) is 12.1. The Labute approximate surface area is 115 Å². The molecule has 1 heterocycles. The molecule has 3 heteroatoms. The van der Waals surface area contributed by atoms with Gasteiger partial charge >= 0.3 is 0 Å². The van der Waals surface area contributed by atoms with Crippen molar-refractivity contribution in [3.05, 3.63) is 29.8 Å². The summed E-state index contributed by atoms with van der Waals surface area (Å²) in [5.41, 5.74) is 8.20.